The topological polar surface area (TPSA) is 34.9 Å². The Kier molecular flexibility index (Phi) is 3.79. The highest BCUT2D eigenvalue weighted by atomic mass is 35.5. The van der Waals surface area contributed by atoms with Crippen LogP contribution in [0.15, 0.2) is 6.20 Å². The molecule has 1 aromatic rings. The van der Waals surface area contributed by atoms with E-state index in [4.69, 9.17) is 11.6 Å². The molecule has 6 heteroatoms. The Balaban J connectivity index is 3.04. The van der Waals surface area contributed by atoms with Crippen molar-refractivity contribution in [3.05, 3.63) is 17.5 Å². The van der Waals surface area contributed by atoms with Crippen molar-refractivity contribution in [2.75, 3.05) is 0 Å². The zero-order valence-corrected chi connectivity index (χ0v) is 9.13. The second kappa shape index (κ2) is 4.70. The van der Waals surface area contributed by atoms with Crippen LogP contribution in [0.2, 0.25) is 0 Å². The average Bonchev–Trinajstić information content (AvgIpc) is 2.46. The standard InChI is InChI=1S/C9H11ClF2N2O/c1-5(2)3-14-4-6(8(10)15)7(13-14)9(11)12/h4-5,9H,3H2,1-2H3. The van der Waals surface area contributed by atoms with Crippen molar-refractivity contribution in [3.63, 3.8) is 0 Å². The van der Waals surface area contributed by atoms with Crippen LogP contribution in [-0.2, 0) is 6.54 Å². The first-order chi connectivity index (χ1) is 6.91. The summed E-state index contributed by atoms with van der Waals surface area (Å²) in [7, 11) is 0. The zero-order chi connectivity index (χ0) is 11.6. The highest BCUT2D eigenvalue weighted by molar-refractivity contribution is 6.67. The summed E-state index contributed by atoms with van der Waals surface area (Å²) >= 11 is 5.18. The van der Waals surface area contributed by atoms with Crippen molar-refractivity contribution >= 4 is 16.8 Å². The lowest BCUT2D eigenvalue weighted by Gasteiger charge is -2.03. The maximum absolute atomic E-state index is 12.5. The summed E-state index contributed by atoms with van der Waals surface area (Å²) in [6.45, 7) is 4.32. The van der Waals surface area contributed by atoms with Gasteiger partial charge in [0.05, 0.1) is 5.56 Å². The summed E-state index contributed by atoms with van der Waals surface area (Å²) in [5.41, 5.74) is -0.761. The van der Waals surface area contributed by atoms with E-state index in [2.05, 4.69) is 5.10 Å². The lowest BCUT2D eigenvalue weighted by molar-refractivity contribution is 0.106. The molecular weight excluding hydrogens is 226 g/mol. The van der Waals surface area contributed by atoms with Crippen LogP contribution in [0.1, 0.15) is 36.3 Å². The molecule has 0 aliphatic carbocycles. The van der Waals surface area contributed by atoms with Crippen molar-refractivity contribution in [2.24, 2.45) is 5.92 Å². The molecule has 0 aliphatic heterocycles. The predicted octanol–water partition coefficient (Wildman–Crippen LogP) is 2.86. The first kappa shape index (κ1) is 12.1. The monoisotopic (exact) mass is 236 g/mol. The first-order valence-electron chi connectivity index (χ1n) is 4.47. The van der Waals surface area contributed by atoms with Gasteiger partial charge in [-0.25, -0.2) is 8.78 Å². The van der Waals surface area contributed by atoms with Gasteiger partial charge in [-0.2, -0.15) is 5.10 Å². The molecule has 0 aromatic carbocycles. The number of hydrogen-bond donors (Lipinski definition) is 0. The lowest BCUT2D eigenvalue weighted by atomic mass is 10.2. The summed E-state index contributed by atoms with van der Waals surface area (Å²) in [6.07, 6.45) is -1.52. The molecule has 15 heavy (non-hydrogen) atoms. The minimum Gasteiger partial charge on any atom is -0.275 e. The van der Waals surface area contributed by atoms with Gasteiger partial charge in [-0.3, -0.25) is 9.48 Å². The molecule has 0 atom stereocenters. The third kappa shape index (κ3) is 2.99. The predicted molar refractivity (Wildman–Crippen MR) is 52.2 cm³/mol. The van der Waals surface area contributed by atoms with E-state index in [0.29, 0.717) is 6.54 Å². The van der Waals surface area contributed by atoms with Gasteiger partial charge in [0.2, 0.25) is 0 Å². The van der Waals surface area contributed by atoms with Crippen LogP contribution in [0.4, 0.5) is 8.78 Å². The van der Waals surface area contributed by atoms with Gasteiger partial charge in [0.25, 0.3) is 11.7 Å². The molecule has 3 nitrogen and oxygen atoms in total. The Bertz CT molecular complexity index is 363. The van der Waals surface area contributed by atoms with Crippen LogP contribution in [-0.4, -0.2) is 15.0 Å². The maximum atomic E-state index is 12.5. The molecule has 0 saturated heterocycles. The Hall–Kier alpha value is -0.970. The summed E-state index contributed by atoms with van der Waals surface area (Å²) in [6, 6.07) is 0. The van der Waals surface area contributed by atoms with E-state index in [9.17, 15) is 13.6 Å². The molecule has 0 unspecified atom stereocenters. The Morgan fingerprint density at radius 1 is 1.60 bits per heavy atom. The van der Waals surface area contributed by atoms with Gasteiger partial charge in [-0.15, -0.1) is 0 Å². The Morgan fingerprint density at radius 3 is 2.53 bits per heavy atom. The second-order valence-electron chi connectivity index (χ2n) is 3.62. The van der Waals surface area contributed by atoms with Crippen molar-refractivity contribution in [2.45, 2.75) is 26.8 Å². The van der Waals surface area contributed by atoms with Crippen LogP contribution >= 0.6 is 11.6 Å². The minimum absolute atomic E-state index is 0.215. The molecule has 0 spiro atoms. The number of halogens is 3. The van der Waals surface area contributed by atoms with E-state index in [1.807, 2.05) is 13.8 Å². The summed E-state index contributed by atoms with van der Waals surface area (Å²) < 4.78 is 26.2. The number of rotatable bonds is 4. The van der Waals surface area contributed by atoms with Crippen molar-refractivity contribution in [1.29, 1.82) is 0 Å². The molecule has 0 saturated carbocycles. The Labute approximate surface area is 91.0 Å². The minimum atomic E-state index is -2.78. The van der Waals surface area contributed by atoms with E-state index < -0.39 is 17.4 Å². The van der Waals surface area contributed by atoms with E-state index in [0.717, 1.165) is 0 Å². The number of carbonyl (C=O) groups excluding carboxylic acids is 1. The van der Waals surface area contributed by atoms with Crippen molar-refractivity contribution in [1.82, 2.24) is 9.78 Å². The fraction of sp³-hybridized carbons (Fsp3) is 0.556. The van der Waals surface area contributed by atoms with E-state index >= 15 is 0 Å². The molecule has 0 fully saturated rings. The van der Waals surface area contributed by atoms with Crippen LogP contribution < -0.4 is 0 Å². The normalized spacial score (nSPS) is 11.4. The highest BCUT2D eigenvalue weighted by Crippen LogP contribution is 2.22. The molecule has 1 aromatic heterocycles. The number of alkyl halides is 2. The molecule has 0 bridgehead atoms. The fourth-order valence-corrected chi connectivity index (χ4v) is 1.36. The van der Waals surface area contributed by atoms with Crippen LogP contribution in [0, 0.1) is 5.92 Å². The molecule has 0 radical (unpaired) electrons. The van der Waals surface area contributed by atoms with Crippen molar-refractivity contribution < 1.29 is 13.6 Å². The molecule has 0 aliphatic rings. The highest BCUT2D eigenvalue weighted by Gasteiger charge is 2.22. The number of hydrogen-bond acceptors (Lipinski definition) is 2. The number of carbonyl (C=O) groups is 1. The third-order valence-corrected chi connectivity index (χ3v) is 1.96. The SMILES string of the molecule is CC(C)Cn1cc(C(=O)Cl)c(C(F)F)n1. The van der Waals surface area contributed by atoms with Gasteiger partial charge >= 0.3 is 0 Å². The fourth-order valence-electron chi connectivity index (χ4n) is 1.22. The molecule has 84 valence electrons. The maximum Gasteiger partial charge on any atom is 0.282 e. The molecular formula is C9H11ClF2N2O. The van der Waals surface area contributed by atoms with Crippen LogP contribution in [0.5, 0.6) is 0 Å². The van der Waals surface area contributed by atoms with E-state index in [-0.39, 0.29) is 11.5 Å². The molecule has 1 rings (SSSR count). The third-order valence-electron chi connectivity index (χ3n) is 1.76. The van der Waals surface area contributed by atoms with Gasteiger partial charge in [-0.05, 0) is 17.5 Å². The first-order valence-corrected chi connectivity index (χ1v) is 4.85. The number of aromatic nitrogens is 2. The summed E-state index contributed by atoms with van der Waals surface area (Å²) in [5.74, 6) is 0.258. The zero-order valence-electron chi connectivity index (χ0n) is 8.38. The quantitative estimate of drug-likeness (QED) is 0.754. The van der Waals surface area contributed by atoms with E-state index in [1.54, 1.807) is 0 Å². The van der Waals surface area contributed by atoms with Crippen molar-refractivity contribution in [3.8, 4) is 0 Å². The largest absolute Gasteiger partial charge is 0.282 e. The smallest absolute Gasteiger partial charge is 0.275 e. The summed E-state index contributed by atoms with van der Waals surface area (Å²) in [4.78, 5) is 10.8. The average molecular weight is 237 g/mol. The van der Waals surface area contributed by atoms with Gasteiger partial charge in [0.1, 0.15) is 5.69 Å². The van der Waals surface area contributed by atoms with Crippen LogP contribution in [0.25, 0.3) is 0 Å². The van der Waals surface area contributed by atoms with E-state index in [1.165, 1.54) is 10.9 Å². The lowest BCUT2D eigenvalue weighted by Crippen LogP contribution is -2.05. The molecule has 0 N–H and O–H groups in total. The van der Waals surface area contributed by atoms with Crippen LogP contribution in [0.3, 0.4) is 0 Å². The molecule has 0 amide bonds. The van der Waals surface area contributed by atoms with Gasteiger partial charge in [0.15, 0.2) is 0 Å². The second-order valence-corrected chi connectivity index (χ2v) is 3.96. The number of nitrogens with zero attached hydrogens (tertiary/aromatic N) is 2. The van der Waals surface area contributed by atoms with Gasteiger partial charge < -0.3 is 0 Å². The Morgan fingerprint density at radius 2 is 2.20 bits per heavy atom. The molecule has 1 heterocycles. The summed E-state index contributed by atoms with van der Waals surface area (Å²) in [5, 5.41) is 2.73. The van der Waals surface area contributed by atoms with Gasteiger partial charge in [-0.1, -0.05) is 13.8 Å². The van der Waals surface area contributed by atoms with Gasteiger partial charge in [0, 0.05) is 12.7 Å².